The van der Waals surface area contributed by atoms with E-state index in [9.17, 15) is 24.0 Å². The number of thioether (sulfide) groups is 1. The Bertz CT molecular complexity index is 645. The summed E-state index contributed by atoms with van der Waals surface area (Å²) in [6, 6.07) is -1.56. The summed E-state index contributed by atoms with van der Waals surface area (Å²) in [7, 11) is 1.25. The molecule has 2 amide bonds. The number of ketones is 2. The normalized spacial score (nSPS) is 20.7. The zero-order valence-corrected chi connectivity index (χ0v) is 18.4. The van der Waals surface area contributed by atoms with Crippen LogP contribution in [0.5, 0.6) is 0 Å². The Morgan fingerprint density at radius 2 is 1.90 bits per heavy atom. The average molecular weight is 431 g/mol. The fourth-order valence-corrected chi connectivity index (χ4v) is 3.81. The van der Waals surface area contributed by atoms with Crippen molar-refractivity contribution in [2.24, 2.45) is 5.92 Å². The molecular formula is C19H30N2O7S. The summed E-state index contributed by atoms with van der Waals surface area (Å²) >= 11 is 1.40. The zero-order chi connectivity index (χ0) is 22.2. The molecule has 2 N–H and O–H groups in total. The van der Waals surface area contributed by atoms with Crippen LogP contribution in [0.2, 0.25) is 0 Å². The number of ether oxygens (including phenoxy) is 2. The Kier molecular flexibility index (Phi) is 9.61. The van der Waals surface area contributed by atoms with Crippen LogP contribution in [0.25, 0.3) is 0 Å². The molecule has 3 atom stereocenters. The van der Waals surface area contributed by atoms with Crippen molar-refractivity contribution >= 4 is 41.3 Å². The minimum atomic E-state index is -0.838. The second kappa shape index (κ2) is 11.2. The number of rotatable bonds is 8. The monoisotopic (exact) mass is 430 g/mol. The van der Waals surface area contributed by atoms with Crippen molar-refractivity contribution in [1.29, 1.82) is 0 Å². The highest BCUT2D eigenvalue weighted by molar-refractivity contribution is 7.99. The number of esters is 1. The fraction of sp³-hybridized carbons (Fsp3) is 0.737. The van der Waals surface area contributed by atoms with E-state index in [2.05, 4.69) is 15.4 Å². The predicted molar refractivity (Wildman–Crippen MR) is 107 cm³/mol. The number of methoxy groups -OCH3 is 1. The number of carbonyl (C=O) groups is 5. The number of alkyl carbamates (subject to hydrolysis) is 1. The van der Waals surface area contributed by atoms with Gasteiger partial charge in [-0.05, 0) is 34.1 Å². The molecule has 1 aliphatic heterocycles. The maximum absolute atomic E-state index is 12.3. The first-order chi connectivity index (χ1) is 13.4. The van der Waals surface area contributed by atoms with Crippen LogP contribution < -0.4 is 10.6 Å². The number of carbonyl (C=O) groups excluding carboxylic acids is 5. The van der Waals surface area contributed by atoms with E-state index in [4.69, 9.17) is 4.74 Å². The standard InChI is InChI=1S/C19H30N2O7S/c1-11(22)14(21-18(26)28-19(2,3)4)7-6-13(23)8-12-9-29-10-15(17(25)27-5)20-16(12)24/h12,14-15H,6-10H2,1-5H3,(H,20,24)(H,21,26)/t12-,14-,15+/m0/s1. The first-order valence-corrected chi connectivity index (χ1v) is 10.6. The van der Waals surface area contributed by atoms with Gasteiger partial charge >= 0.3 is 12.1 Å². The number of nitrogens with one attached hydrogen (secondary N) is 2. The molecule has 10 heteroatoms. The van der Waals surface area contributed by atoms with Gasteiger partial charge in [-0.25, -0.2) is 9.59 Å². The van der Waals surface area contributed by atoms with Crippen LogP contribution >= 0.6 is 11.8 Å². The predicted octanol–water partition coefficient (Wildman–Crippen LogP) is 1.23. The van der Waals surface area contributed by atoms with Crippen molar-refractivity contribution in [2.75, 3.05) is 18.6 Å². The maximum atomic E-state index is 12.3. The summed E-state index contributed by atoms with van der Waals surface area (Å²) < 4.78 is 9.78. The van der Waals surface area contributed by atoms with E-state index in [0.717, 1.165) is 0 Å². The van der Waals surface area contributed by atoms with Crippen LogP contribution in [-0.4, -0.2) is 65.8 Å². The summed E-state index contributed by atoms with van der Waals surface area (Å²) in [4.78, 5) is 59.9. The van der Waals surface area contributed by atoms with Crippen LogP contribution in [0.4, 0.5) is 4.79 Å². The Hall–Kier alpha value is -2.10. The van der Waals surface area contributed by atoms with E-state index in [1.165, 1.54) is 25.8 Å². The molecule has 0 unspecified atom stereocenters. The van der Waals surface area contributed by atoms with Gasteiger partial charge < -0.3 is 20.1 Å². The molecule has 0 bridgehead atoms. The van der Waals surface area contributed by atoms with Crippen LogP contribution in [-0.2, 0) is 28.7 Å². The largest absolute Gasteiger partial charge is 0.467 e. The molecule has 1 saturated heterocycles. The molecule has 1 aliphatic rings. The molecule has 164 valence electrons. The molecule has 0 aromatic heterocycles. The minimum absolute atomic E-state index is 0.00376. The Morgan fingerprint density at radius 1 is 1.24 bits per heavy atom. The third kappa shape index (κ3) is 9.29. The molecule has 0 spiro atoms. The van der Waals surface area contributed by atoms with Crippen molar-refractivity contribution in [3.05, 3.63) is 0 Å². The van der Waals surface area contributed by atoms with Crippen molar-refractivity contribution in [1.82, 2.24) is 10.6 Å². The Balaban J connectivity index is 2.55. The van der Waals surface area contributed by atoms with Crippen molar-refractivity contribution in [3.8, 4) is 0 Å². The highest BCUT2D eigenvalue weighted by Gasteiger charge is 2.31. The van der Waals surface area contributed by atoms with Gasteiger partial charge in [-0.3, -0.25) is 14.4 Å². The SMILES string of the molecule is COC(=O)[C@H]1CSC[C@H](CC(=O)CC[C@H](NC(=O)OC(C)(C)C)C(C)=O)C(=O)N1. The summed E-state index contributed by atoms with van der Waals surface area (Å²) in [6.07, 6.45) is -0.559. The summed E-state index contributed by atoms with van der Waals surface area (Å²) in [6.45, 7) is 6.45. The molecule has 0 aliphatic carbocycles. The molecule has 1 rings (SSSR count). The molecule has 0 saturated carbocycles. The van der Waals surface area contributed by atoms with E-state index < -0.39 is 35.7 Å². The van der Waals surface area contributed by atoms with E-state index in [1.54, 1.807) is 20.8 Å². The number of Topliss-reactive ketones (excluding diaryl/α,β-unsaturated/α-hetero) is 2. The van der Waals surface area contributed by atoms with Gasteiger partial charge in [0, 0.05) is 24.3 Å². The molecule has 0 aromatic carbocycles. The van der Waals surface area contributed by atoms with Crippen molar-refractivity contribution in [3.63, 3.8) is 0 Å². The van der Waals surface area contributed by atoms with E-state index in [0.29, 0.717) is 11.5 Å². The maximum Gasteiger partial charge on any atom is 0.408 e. The van der Waals surface area contributed by atoms with Crippen LogP contribution in [0.3, 0.4) is 0 Å². The van der Waals surface area contributed by atoms with Crippen LogP contribution in [0.1, 0.15) is 47.0 Å². The second-order valence-corrected chi connectivity index (χ2v) is 8.98. The van der Waals surface area contributed by atoms with Gasteiger partial charge in [0.25, 0.3) is 0 Å². The Labute approximate surface area is 175 Å². The molecule has 29 heavy (non-hydrogen) atoms. The Morgan fingerprint density at radius 3 is 2.45 bits per heavy atom. The second-order valence-electron chi connectivity index (χ2n) is 7.91. The van der Waals surface area contributed by atoms with Gasteiger partial charge in [0.05, 0.1) is 19.1 Å². The van der Waals surface area contributed by atoms with Gasteiger partial charge in [0.2, 0.25) is 5.91 Å². The average Bonchev–Trinajstić information content (AvgIpc) is 2.78. The molecular weight excluding hydrogens is 400 g/mol. The topological polar surface area (TPSA) is 128 Å². The third-order valence-corrected chi connectivity index (χ3v) is 5.35. The highest BCUT2D eigenvalue weighted by Crippen LogP contribution is 2.20. The van der Waals surface area contributed by atoms with Crippen molar-refractivity contribution < 1.29 is 33.4 Å². The lowest BCUT2D eigenvalue weighted by atomic mass is 9.98. The lowest BCUT2D eigenvalue weighted by Crippen LogP contribution is -2.44. The molecule has 9 nitrogen and oxygen atoms in total. The summed E-state index contributed by atoms with van der Waals surface area (Å²) in [5, 5.41) is 5.08. The van der Waals surface area contributed by atoms with Gasteiger partial charge in [-0.2, -0.15) is 11.8 Å². The van der Waals surface area contributed by atoms with E-state index in [1.807, 2.05) is 0 Å². The molecule has 0 radical (unpaired) electrons. The smallest absolute Gasteiger partial charge is 0.408 e. The minimum Gasteiger partial charge on any atom is -0.467 e. The first-order valence-electron chi connectivity index (χ1n) is 9.40. The van der Waals surface area contributed by atoms with Gasteiger partial charge in [-0.15, -0.1) is 0 Å². The van der Waals surface area contributed by atoms with Crippen LogP contribution in [0.15, 0.2) is 0 Å². The lowest BCUT2D eigenvalue weighted by Gasteiger charge is -2.22. The van der Waals surface area contributed by atoms with Gasteiger partial charge in [0.15, 0.2) is 5.78 Å². The fourth-order valence-electron chi connectivity index (χ4n) is 2.67. The number of amides is 2. The van der Waals surface area contributed by atoms with E-state index in [-0.39, 0.29) is 36.7 Å². The zero-order valence-electron chi connectivity index (χ0n) is 17.5. The van der Waals surface area contributed by atoms with E-state index >= 15 is 0 Å². The summed E-state index contributed by atoms with van der Waals surface area (Å²) in [5.74, 6) is -1.13. The van der Waals surface area contributed by atoms with Gasteiger partial charge in [-0.1, -0.05) is 0 Å². The van der Waals surface area contributed by atoms with Crippen molar-refractivity contribution in [2.45, 2.75) is 64.6 Å². The molecule has 0 aromatic rings. The van der Waals surface area contributed by atoms with Gasteiger partial charge in [0.1, 0.15) is 17.4 Å². The highest BCUT2D eigenvalue weighted by atomic mass is 32.2. The molecule has 1 fully saturated rings. The van der Waals surface area contributed by atoms with Crippen LogP contribution in [0, 0.1) is 5.92 Å². The third-order valence-electron chi connectivity index (χ3n) is 4.14. The summed E-state index contributed by atoms with van der Waals surface area (Å²) in [5.41, 5.74) is -0.701. The molecule has 1 heterocycles. The first kappa shape index (κ1) is 24.9. The number of hydrogen-bond donors (Lipinski definition) is 2. The lowest BCUT2D eigenvalue weighted by molar-refractivity contribution is -0.144. The number of hydrogen-bond acceptors (Lipinski definition) is 8. The quantitative estimate of drug-likeness (QED) is 0.550.